The molecule has 0 bridgehead atoms. The van der Waals surface area contributed by atoms with Crippen LogP contribution in [-0.2, 0) is 14.5 Å². The number of carbonyl (C=O) groups excluding carboxylic acids is 3. The van der Waals surface area contributed by atoms with Crippen LogP contribution in [0.2, 0.25) is 0 Å². The summed E-state index contributed by atoms with van der Waals surface area (Å²) in [6.45, 7) is 0. The number of hydrogen-bond donors (Lipinski definition) is 0. The molecule has 4 rings (SSSR count). The van der Waals surface area contributed by atoms with Gasteiger partial charge in [0.25, 0.3) is 11.8 Å². The Labute approximate surface area is 142 Å². The molecule has 2 aromatic rings. The third-order valence-corrected chi connectivity index (χ3v) is 3.98. The Balaban J connectivity index is 1.44. The van der Waals surface area contributed by atoms with Gasteiger partial charge in [-0.15, -0.1) is 0 Å². The predicted molar refractivity (Wildman–Crippen MR) is 85.5 cm³/mol. The second kappa shape index (κ2) is 5.86. The second-order valence-corrected chi connectivity index (χ2v) is 5.56. The quantitative estimate of drug-likeness (QED) is 0.800. The van der Waals surface area contributed by atoms with E-state index in [2.05, 4.69) is 5.16 Å². The number of benzene rings is 2. The summed E-state index contributed by atoms with van der Waals surface area (Å²) in [6, 6.07) is 15.5. The van der Waals surface area contributed by atoms with Crippen molar-refractivity contribution in [2.75, 3.05) is 0 Å². The van der Waals surface area contributed by atoms with Gasteiger partial charge in [-0.05, 0) is 17.7 Å². The number of nitrogens with zero attached hydrogens (tertiary/aromatic N) is 2. The first kappa shape index (κ1) is 15.1. The van der Waals surface area contributed by atoms with Gasteiger partial charge in [0, 0.05) is 6.42 Å². The number of hydrogen-bond acceptors (Lipinski definition) is 6. The molecule has 2 amide bonds. The lowest BCUT2D eigenvalue weighted by Crippen LogP contribution is -2.37. The summed E-state index contributed by atoms with van der Waals surface area (Å²) >= 11 is 0. The molecule has 0 radical (unpaired) electrons. The van der Waals surface area contributed by atoms with Crippen LogP contribution in [0.15, 0.2) is 59.8 Å². The van der Waals surface area contributed by atoms with Crippen molar-refractivity contribution in [3.05, 3.63) is 71.3 Å². The van der Waals surface area contributed by atoms with E-state index in [4.69, 9.17) is 9.68 Å². The number of fused-ring (bicyclic) bond motifs is 1. The zero-order valence-electron chi connectivity index (χ0n) is 12.9. The average molecular weight is 336 g/mol. The molecule has 25 heavy (non-hydrogen) atoms. The number of imide groups is 1. The van der Waals surface area contributed by atoms with Crippen molar-refractivity contribution in [3.63, 3.8) is 0 Å². The first-order valence-corrected chi connectivity index (χ1v) is 7.63. The summed E-state index contributed by atoms with van der Waals surface area (Å²) in [5.41, 5.74) is 1.84. The minimum atomic E-state index is -1.00. The highest BCUT2D eigenvalue weighted by atomic mass is 16.7. The smallest absolute Gasteiger partial charge is 0.376 e. The number of oxime groups is 1. The normalized spacial score (nSPS) is 18.6. The van der Waals surface area contributed by atoms with Gasteiger partial charge in [0.2, 0.25) is 6.10 Å². The molecule has 1 unspecified atom stereocenters. The molecule has 0 saturated heterocycles. The lowest BCUT2D eigenvalue weighted by Gasteiger charge is -2.14. The molecule has 2 aliphatic rings. The highest BCUT2D eigenvalue weighted by Crippen LogP contribution is 2.24. The highest BCUT2D eigenvalue weighted by Gasteiger charge is 2.41. The molecule has 0 fully saturated rings. The molecule has 124 valence electrons. The van der Waals surface area contributed by atoms with E-state index in [1.807, 2.05) is 30.3 Å². The van der Waals surface area contributed by atoms with Gasteiger partial charge in [-0.1, -0.05) is 52.7 Å². The second-order valence-electron chi connectivity index (χ2n) is 5.56. The molecule has 1 atom stereocenters. The summed E-state index contributed by atoms with van der Waals surface area (Å²) in [7, 11) is 0. The Bertz CT molecular complexity index is 872. The van der Waals surface area contributed by atoms with E-state index in [0.29, 0.717) is 10.8 Å². The molecule has 0 aliphatic carbocycles. The number of amides is 2. The van der Waals surface area contributed by atoms with Crippen LogP contribution in [0.4, 0.5) is 0 Å². The van der Waals surface area contributed by atoms with Gasteiger partial charge < -0.3 is 9.68 Å². The largest absolute Gasteiger partial charge is 0.380 e. The van der Waals surface area contributed by atoms with E-state index in [1.54, 1.807) is 12.1 Å². The third-order valence-electron chi connectivity index (χ3n) is 3.98. The van der Waals surface area contributed by atoms with Crippen molar-refractivity contribution in [3.8, 4) is 0 Å². The SMILES string of the molecule is O=C(ON1C(=O)c2ccccc2C1=O)C1CC(c2ccccc2)=NO1. The van der Waals surface area contributed by atoms with Gasteiger partial charge in [-0.2, -0.15) is 0 Å². The van der Waals surface area contributed by atoms with Crippen LogP contribution in [0.1, 0.15) is 32.7 Å². The fourth-order valence-electron chi connectivity index (χ4n) is 2.70. The monoisotopic (exact) mass is 336 g/mol. The van der Waals surface area contributed by atoms with Crippen LogP contribution in [-0.4, -0.2) is 34.7 Å². The summed E-state index contributed by atoms with van der Waals surface area (Å²) < 4.78 is 0. The molecule has 0 spiro atoms. The molecule has 0 aromatic heterocycles. The highest BCUT2D eigenvalue weighted by molar-refractivity contribution is 6.21. The molecule has 0 N–H and O–H groups in total. The van der Waals surface area contributed by atoms with Gasteiger partial charge in [0.15, 0.2) is 0 Å². The van der Waals surface area contributed by atoms with Crippen molar-refractivity contribution in [2.24, 2.45) is 5.16 Å². The van der Waals surface area contributed by atoms with Crippen LogP contribution >= 0.6 is 0 Å². The summed E-state index contributed by atoms with van der Waals surface area (Å²) in [6.07, 6.45) is -0.800. The molecular weight excluding hydrogens is 324 g/mol. The number of hydroxylamine groups is 2. The Morgan fingerprint density at radius 2 is 1.60 bits per heavy atom. The number of rotatable bonds is 3. The fourth-order valence-corrected chi connectivity index (χ4v) is 2.70. The van der Waals surface area contributed by atoms with Gasteiger partial charge in [-0.3, -0.25) is 9.59 Å². The van der Waals surface area contributed by atoms with Gasteiger partial charge in [-0.25, -0.2) is 4.79 Å². The fraction of sp³-hybridized carbons (Fsp3) is 0.111. The van der Waals surface area contributed by atoms with E-state index in [1.165, 1.54) is 12.1 Å². The Morgan fingerprint density at radius 1 is 1.00 bits per heavy atom. The van der Waals surface area contributed by atoms with E-state index in [9.17, 15) is 14.4 Å². The third kappa shape index (κ3) is 2.55. The number of carbonyl (C=O) groups is 3. The Morgan fingerprint density at radius 3 is 2.24 bits per heavy atom. The zero-order chi connectivity index (χ0) is 17.4. The Hall–Kier alpha value is -3.48. The average Bonchev–Trinajstić information content (AvgIpc) is 3.23. The molecule has 7 nitrogen and oxygen atoms in total. The topological polar surface area (TPSA) is 85.3 Å². The van der Waals surface area contributed by atoms with E-state index < -0.39 is 23.9 Å². The van der Waals surface area contributed by atoms with Crippen molar-refractivity contribution in [2.45, 2.75) is 12.5 Å². The maximum absolute atomic E-state index is 12.3. The van der Waals surface area contributed by atoms with Crippen LogP contribution < -0.4 is 0 Å². The van der Waals surface area contributed by atoms with Crippen molar-refractivity contribution >= 4 is 23.5 Å². The van der Waals surface area contributed by atoms with Crippen molar-refractivity contribution < 1.29 is 24.1 Å². The van der Waals surface area contributed by atoms with Crippen LogP contribution in [0, 0.1) is 0 Å². The Kier molecular flexibility index (Phi) is 3.53. The summed E-state index contributed by atoms with van der Waals surface area (Å²) in [5.74, 6) is -2.18. The molecular formula is C18H12N2O5. The molecule has 2 aliphatic heterocycles. The predicted octanol–water partition coefficient (Wildman–Crippen LogP) is 1.93. The maximum Gasteiger partial charge on any atom is 0.376 e. The molecule has 0 saturated carbocycles. The van der Waals surface area contributed by atoms with Crippen molar-refractivity contribution in [1.29, 1.82) is 0 Å². The van der Waals surface area contributed by atoms with Crippen LogP contribution in [0.3, 0.4) is 0 Å². The van der Waals surface area contributed by atoms with Crippen molar-refractivity contribution in [1.82, 2.24) is 5.06 Å². The minimum Gasteiger partial charge on any atom is -0.380 e. The van der Waals surface area contributed by atoms with E-state index >= 15 is 0 Å². The summed E-state index contributed by atoms with van der Waals surface area (Å²) in [4.78, 5) is 46.7. The first-order chi connectivity index (χ1) is 12.1. The summed E-state index contributed by atoms with van der Waals surface area (Å²) in [5, 5.41) is 4.36. The van der Waals surface area contributed by atoms with Gasteiger partial charge >= 0.3 is 5.97 Å². The standard InChI is InChI=1S/C18H12N2O5/c21-16-12-8-4-5-9-13(12)17(22)20(16)25-18(23)15-10-14(19-24-15)11-6-2-1-3-7-11/h1-9,15H,10H2. The lowest BCUT2D eigenvalue weighted by molar-refractivity contribution is -0.180. The van der Waals surface area contributed by atoms with Crippen LogP contribution in [0.5, 0.6) is 0 Å². The first-order valence-electron chi connectivity index (χ1n) is 7.63. The van der Waals surface area contributed by atoms with E-state index in [-0.39, 0.29) is 17.5 Å². The minimum absolute atomic E-state index is 0.200. The maximum atomic E-state index is 12.3. The lowest BCUT2D eigenvalue weighted by atomic mass is 10.1. The van der Waals surface area contributed by atoms with Gasteiger partial charge in [0.1, 0.15) is 0 Å². The molecule has 2 aromatic carbocycles. The van der Waals surface area contributed by atoms with E-state index in [0.717, 1.165) is 5.56 Å². The van der Waals surface area contributed by atoms with Gasteiger partial charge in [0.05, 0.1) is 16.8 Å². The molecule has 7 heteroatoms. The molecule has 2 heterocycles. The van der Waals surface area contributed by atoms with Crippen LogP contribution in [0.25, 0.3) is 0 Å². The zero-order valence-corrected chi connectivity index (χ0v) is 12.9.